The molecule has 0 saturated heterocycles. The first-order valence-corrected chi connectivity index (χ1v) is 21.0. The zero-order valence-corrected chi connectivity index (χ0v) is 32.8. The standard InChI is InChI=1S/C52H35N3S2/c1-32-10-5-6-13-40(32)51-53-50(37-24-22-36(23-25-37)38-26-28-46-43(30-38)41-14-7-8-16-45(41)56-46)54-52(55-51)42-15-9-17-48-49(42)44-31-39(27-29-47(44)57-48)35-20-18-34(19-21-35)33-11-3-2-4-12-33/h2-32,40H,1H3. The largest absolute Gasteiger partial charge is 0.212 e. The van der Waals surface area contributed by atoms with Crippen LogP contribution in [0.25, 0.3) is 96.5 Å². The van der Waals surface area contributed by atoms with E-state index in [4.69, 9.17) is 15.0 Å². The van der Waals surface area contributed by atoms with Gasteiger partial charge in [0.2, 0.25) is 0 Å². The number of rotatable bonds is 6. The summed E-state index contributed by atoms with van der Waals surface area (Å²) >= 11 is 3.67. The topological polar surface area (TPSA) is 38.7 Å². The van der Waals surface area contributed by atoms with Crippen molar-refractivity contribution in [1.29, 1.82) is 0 Å². The molecule has 3 aromatic heterocycles. The third-order valence-corrected chi connectivity index (χ3v) is 13.6. The Kier molecular flexibility index (Phi) is 8.23. The minimum absolute atomic E-state index is 0.0471. The molecule has 2 atom stereocenters. The van der Waals surface area contributed by atoms with Crippen molar-refractivity contribution in [2.24, 2.45) is 5.92 Å². The Labute approximate surface area is 339 Å². The number of nitrogens with zero attached hydrogens (tertiary/aromatic N) is 3. The molecule has 0 radical (unpaired) electrons. The molecule has 2 unspecified atom stereocenters. The third-order valence-electron chi connectivity index (χ3n) is 11.3. The van der Waals surface area contributed by atoms with Gasteiger partial charge in [-0.05, 0) is 75.7 Å². The van der Waals surface area contributed by atoms with Gasteiger partial charge in [-0.1, -0.05) is 153 Å². The number of benzene rings is 7. The minimum atomic E-state index is 0.0471. The van der Waals surface area contributed by atoms with Crippen molar-refractivity contribution < 1.29 is 0 Å². The molecule has 0 saturated carbocycles. The molecule has 0 fully saturated rings. The average Bonchev–Trinajstić information content (AvgIpc) is 3.85. The quantitative estimate of drug-likeness (QED) is 0.169. The Balaban J connectivity index is 1.01. The van der Waals surface area contributed by atoms with Crippen LogP contribution >= 0.6 is 22.7 Å². The van der Waals surface area contributed by atoms with Crippen molar-refractivity contribution in [2.45, 2.75) is 12.8 Å². The molecule has 1 aliphatic carbocycles. The number of aromatic nitrogens is 3. The lowest BCUT2D eigenvalue weighted by molar-refractivity contribution is 0.600. The maximum atomic E-state index is 5.27. The highest BCUT2D eigenvalue weighted by Gasteiger charge is 2.23. The van der Waals surface area contributed by atoms with Crippen molar-refractivity contribution >= 4 is 63.0 Å². The van der Waals surface area contributed by atoms with E-state index in [-0.39, 0.29) is 11.8 Å². The van der Waals surface area contributed by atoms with Gasteiger partial charge in [-0.3, -0.25) is 0 Å². The monoisotopic (exact) mass is 765 g/mol. The fourth-order valence-corrected chi connectivity index (χ4v) is 10.4. The normalized spacial score (nSPS) is 15.3. The summed E-state index contributed by atoms with van der Waals surface area (Å²) in [4.78, 5) is 15.7. The molecule has 7 aromatic carbocycles. The fourth-order valence-electron chi connectivity index (χ4n) is 8.23. The molecule has 0 spiro atoms. The number of fused-ring (bicyclic) bond motifs is 6. The van der Waals surface area contributed by atoms with Crippen molar-refractivity contribution in [3.8, 4) is 56.2 Å². The van der Waals surface area contributed by atoms with E-state index < -0.39 is 0 Å². The van der Waals surface area contributed by atoms with Gasteiger partial charge in [0.1, 0.15) is 5.82 Å². The van der Waals surface area contributed by atoms with Crippen LogP contribution in [0.2, 0.25) is 0 Å². The summed E-state index contributed by atoms with van der Waals surface area (Å²) < 4.78 is 5.09. The van der Waals surface area contributed by atoms with Crippen LogP contribution in [0.1, 0.15) is 18.7 Å². The number of thiophene rings is 2. The SMILES string of the molecule is CC1C=CC=CC1c1nc(-c2ccc(-c3ccc4sc5ccccc5c4c3)cc2)nc(-c2cccc3sc4ccc(-c5ccc(-c6ccccc6)cc5)cc4c23)n1. The van der Waals surface area contributed by atoms with Gasteiger partial charge in [0.15, 0.2) is 11.6 Å². The molecule has 3 nitrogen and oxygen atoms in total. The van der Waals surface area contributed by atoms with Crippen LogP contribution in [0.4, 0.5) is 0 Å². The van der Waals surface area contributed by atoms with Crippen molar-refractivity contribution in [1.82, 2.24) is 15.0 Å². The molecule has 11 rings (SSSR count). The van der Waals surface area contributed by atoms with E-state index in [1.54, 1.807) is 0 Å². The maximum absolute atomic E-state index is 5.27. The van der Waals surface area contributed by atoms with Crippen molar-refractivity contribution in [2.75, 3.05) is 0 Å². The van der Waals surface area contributed by atoms with E-state index in [1.165, 1.54) is 73.7 Å². The van der Waals surface area contributed by atoms with E-state index in [1.807, 2.05) is 22.7 Å². The number of hydrogen-bond acceptors (Lipinski definition) is 5. The molecule has 0 amide bonds. The summed E-state index contributed by atoms with van der Waals surface area (Å²) in [6.45, 7) is 2.23. The van der Waals surface area contributed by atoms with Gasteiger partial charge in [-0.2, -0.15) is 0 Å². The van der Waals surface area contributed by atoms with Gasteiger partial charge < -0.3 is 0 Å². The molecule has 10 aromatic rings. The van der Waals surface area contributed by atoms with Crippen LogP contribution in [0.15, 0.2) is 182 Å². The predicted molar refractivity (Wildman–Crippen MR) is 243 cm³/mol. The summed E-state index contributed by atoms with van der Waals surface area (Å²) in [6, 6.07) is 56.9. The second kappa shape index (κ2) is 13.9. The first kappa shape index (κ1) is 33.8. The molecule has 270 valence electrons. The van der Waals surface area contributed by atoms with Gasteiger partial charge in [0.25, 0.3) is 0 Å². The highest BCUT2D eigenvalue weighted by atomic mass is 32.1. The maximum Gasteiger partial charge on any atom is 0.164 e. The zero-order valence-electron chi connectivity index (χ0n) is 31.1. The van der Waals surface area contributed by atoms with E-state index in [2.05, 4.69) is 189 Å². The van der Waals surface area contributed by atoms with Gasteiger partial charge >= 0.3 is 0 Å². The summed E-state index contributed by atoms with van der Waals surface area (Å²) in [5.41, 5.74) is 9.17. The fraction of sp³-hybridized carbons (Fsp3) is 0.0577. The average molecular weight is 766 g/mol. The van der Waals surface area contributed by atoms with Crippen LogP contribution in [0, 0.1) is 5.92 Å². The molecule has 3 heterocycles. The molecular weight excluding hydrogens is 731 g/mol. The van der Waals surface area contributed by atoms with E-state index in [0.29, 0.717) is 11.6 Å². The van der Waals surface area contributed by atoms with Crippen LogP contribution in [-0.2, 0) is 0 Å². The highest BCUT2D eigenvalue weighted by molar-refractivity contribution is 7.26. The molecule has 5 heteroatoms. The second-order valence-corrected chi connectivity index (χ2v) is 17.0. The lowest BCUT2D eigenvalue weighted by Crippen LogP contribution is -2.13. The second-order valence-electron chi connectivity index (χ2n) is 14.8. The van der Waals surface area contributed by atoms with Crippen LogP contribution in [0.5, 0.6) is 0 Å². The molecule has 0 aliphatic heterocycles. The Morgan fingerprint density at radius 1 is 0.404 bits per heavy atom. The highest BCUT2D eigenvalue weighted by Crippen LogP contribution is 2.42. The zero-order chi connectivity index (χ0) is 37.9. The Morgan fingerprint density at radius 3 is 1.70 bits per heavy atom. The molecule has 0 bridgehead atoms. The first-order chi connectivity index (χ1) is 28.1. The predicted octanol–water partition coefficient (Wildman–Crippen LogP) is 14.8. The van der Waals surface area contributed by atoms with Gasteiger partial charge in [-0.25, -0.2) is 15.0 Å². The van der Waals surface area contributed by atoms with Crippen LogP contribution < -0.4 is 0 Å². The van der Waals surface area contributed by atoms with Crippen LogP contribution in [-0.4, -0.2) is 15.0 Å². The molecule has 57 heavy (non-hydrogen) atoms. The number of hydrogen-bond donors (Lipinski definition) is 0. The Morgan fingerprint density at radius 2 is 0.947 bits per heavy atom. The lowest BCUT2D eigenvalue weighted by Gasteiger charge is -2.20. The van der Waals surface area contributed by atoms with E-state index in [9.17, 15) is 0 Å². The third kappa shape index (κ3) is 6.07. The van der Waals surface area contributed by atoms with Crippen LogP contribution in [0.3, 0.4) is 0 Å². The van der Waals surface area contributed by atoms with Gasteiger partial charge in [-0.15, -0.1) is 22.7 Å². The molecule has 1 aliphatic rings. The minimum Gasteiger partial charge on any atom is -0.212 e. The van der Waals surface area contributed by atoms with E-state index >= 15 is 0 Å². The van der Waals surface area contributed by atoms with Crippen molar-refractivity contribution in [3.63, 3.8) is 0 Å². The molecular formula is C52H35N3S2. The Bertz CT molecular complexity index is 3190. The van der Waals surface area contributed by atoms with E-state index in [0.717, 1.165) is 17.0 Å². The van der Waals surface area contributed by atoms with Gasteiger partial charge in [0.05, 0.1) is 0 Å². The summed E-state index contributed by atoms with van der Waals surface area (Å²) in [7, 11) is 0. The smallest absolute Gasteiger partial charge is 0.164 e. The summed E-state index contributed by atoms with van der Waals surface area (Å²) in [5, 5.41) is 5.01. The summed E-state index contributed by atoms with van der Waals surface area (Å²) in [6.07, 6.45) is 8.68. The summed E-state index contributed by atoms with van der Waals surface area (Å²) in [5.74, 6) is 2.49. The van der Waals surface area contributed by atoms with Gasteiger partial charge in [0, 0.05) is 57.4 Å². The first-order valence-electron chi connectivity index (χ1n) is 19.4. The van der Waals surface area contributed by atoms with Crippen molar-refractivity contribution in [3.05, 3.63) is 188 Å². The number of allylic oxidation sites excluding steroid dienone is 4. The Hall–Kier alpha value is -6.53. The lowest BCUT2D eigenvalue weighted by atomic mass is 9.89. The molecule has 0 N–H and O–H groups in total.